The van der Waals surface area contributed by atoms with E-state index in [0.29, 0.717) is 6.61 Å². The van der Waals surface area contributed by atoms with E-state index in [-0.39, 0.29) is 0 Å². The highest BCUT2D eigenvalue weighted by Crippen LogP contribution is 2.15. The normalized spacial score (nSPS) is 11.0. The maximum absolute atomic E-state index is 5.45. The van der Waals surface area contributed by atoms with E-state index in [2.05, 4.69) is 41.4 Å². The third kappa shape index (κ3) is 4.32. The van der Waals surface area contributed by atoms with Crippen LogP contribution in [0.2, 0.25) is 0 Å². The fourth-order valence-corrected chi connectivity index (χ4v) is 2.82. The lowest BCUT2D eigenvalue weighted by molar-refractivity contribution is 0.314. The van der Waals surface area contributed by atoms with Crippen LogP contribution in [0.25, 0.3) is 0 Å². The summed E-state index contributed by atoms with van der Waals surface area (Å²) in [4.78, 5) is 6.89. The lowest BCUT2D eigenvalue weighted by atomic mass is 10.2. The van der Waals surface area contributed by atoms with Crippen molar-refractivity contribution in [3.8, 4) is 5.75 Å². The third-order valence-electron chi connectivity index (χ3n) is 3.02. The van der Waals surface area contributed by atoms with Crippen molar-refractivity contribution in [1.29, 1.82) is 0 Å². The van der Waals surface area contributed by atoms with Gasteiger partial charge in [0, 0.05) is 18.5 Å². The monoisotopic (exact) mass is 290 g/mol. The van der Waals surface area contributed by atoms with Gasteiger partial charge in [0.2, 0.25) is 0 Å². The minimum Gasteiger partial charge on any atom is -0.494 e. The predicted molar refractivity (Wildman–Crippen MR) is 84.3 cm³/mol. The van der Waals surface area contributed by atoms with Crippen molar-refractivity contribution in [3.05, 3.63) is 45.9 Å². The van der Waals surface area contributed by atoms with E-state index < -0.39 is 0 Å². The zero-order valence-corrected chi connectivity index (χ0v) is 13.2. The molecule has 0 unspecified atom stereocenters. The second-order valence-corrected chi connectivity index (χ2v) is 5.78. The first kappa shape index (κ1) is 15.0. The van der Waals surface area contributed by atoms with Gasteiger partial charge < -0.3 is 4.74 Å². The van der Waals surface area contributed by atoms with Crippen LogP contribution in [0.1, 0.15) is 30.1 Å². The summed E-state index contributed by atoms with van der Waals surface area (Å²) in [7, 11) is 2.13. The van der Waals surface area contributed by atoms with Crippen LogP contribution in [-0.2, 0) is 19.5 Å². The van der Waals surface area contributed by atoms with Crippen molar-refractivity contribution in [3.63, 3.8) is 0 Å². The fraction of sp³-hybridized carbons (Fsp3) is 0.438. The van der Waals surface area contributed by atoms with Crippen LogP contribution in [-0.4, -0.2) is 23.5 Å². The van der Waals surface area contributed by atoms with E-state index in [1.807, 2.05) is 19.1 Å². The van der Waals surface area contributed by atoms with Crippen molar-refractivity contribution in [2.24, 2.45) is 0 Å². The zero-order valence-electron chi connectivity index (χ0n) is 12.4. The number of benzene rings is 1. The van der Waals surface area contributed by atoms with Crippen molar-refractivity contribution in [1.82, 2.24) is 9.88 Å². The average Bonchev–Trinajstić information content (AvgIpc) is 2.89. The Hall–Kier alpha value is -1.39. The van der Waals surface area contributed by atoms with Crippen molar-refractivity contribution >= 4 is 11.3 Å². The molecular weight excluding hydrogens is 268 g/mol. The summed E-state index contributed by atoms with van der Waals surface area (Å²) < 4.78 is 5.45. The van der Waals surface area contributed by atoms with Gasteiger partial charge in [-0.1, -0.05) is 19.1 Å². The Kier molecular flexibility index (Phi) is 5.56. The molecule has 0 spiro atoms. The van der Waals surface area contributed by atoms with Crippen LogP contribution in [0.3, 0.4) is 0 Å². The molecule has 0 aliphatic rings. The molecule has 0 aliphatic carbocycles. The van der Waals surface area contributed by atoms with Crippen molar-refractivity contribution in [2.75, 3.05) is 13.7 Å². The number of aryl methyl sites for hydroxylation is 1. The van der Waals surface area contributed by atoms with E-state index in [9.17, 15) is 0 Å². The highest BCUT2D eigenvalue weighted by Gasteiger charge is 2.05. The first-order chi connectivity index (χ1) is 9.71. The lowest BCUT2D eigenvalue weighted by Gasteiger charge is -2.15. The molecule has 0 radical (unpaired) electrons. The maximum Gasteiger partial charge on any atom is 0.119 e. The van der Waals surface area contributed by atoms with Crippen LogP contribution in [0, 0.1) is 0 Å². The summed E-state index contributed by atoms with van der Waals surface area (Å²) in [6.07, 6.45) is 1.02. The molecule has 108 valence electrons. The molecule has 0 saturated carbocycles. The smallest absolute Gasteiger partial charge is 0.119 e. The summed E-state index contributed by atoms with van der Waals surface area (Å²) in [5, 5.41) is 3.38. The fourth-order valence-electron chi connectivity index (χ4n) is 2.09. The van der Waals surface area contributed by atoms with E-state index in [1.165, 1.54) is 16.3 Å². The first-order valence-corrected chi connectivity index (χ1v) is 7.92. The Bertz CT molecular complexity index is 522. The summed E-state index contributed by atoms with van der Waals surface area (Å²) in [5.41, 5.74) is 2.46. The highest BCUT2D eigenvalue weighted by atomic mass is 32.1. The van der Waals surface area contributed by atoms with Crippen LogP contribution >= 0.6 is 11.3 Å². The third-order valence-corrected chi connectivity index (χ3v) is 4.06. The SMILES string of the molecule is CCOc1ccc(CN(C)Cc2csc(CC)n2)cc1. The summed E-state index contributed by atoms with van der Waals surface area (Å²) in [6.45, 7) is 6.67. The minimum absolute atomic E-state index is 0.711. The Morgan fingerprint density at radius 3 is 2.50 bits per heavy atom. The molecule has 20 heavy (non-hydrogen) atoms. The number of hydrogen-bond acceptors (Lipinski definition) is 4. The van der Waals surface area contributed by atoms with E-state index in [4.69, 9.17) is 4.74 Å². The molecule has 0 amide bonds. The van der Waals surface area contributed by atoms with Crippen LogP contribution in [0.5, 0.6) is 5.75 Å². The standard InChI is InChI=1S/C16H22N2OS/c1-4-16-17-14(12-20-16)11-18(3)10-13-6-8-15(9-7-13)19-5-2/h6-9,12H,4-5,10-11H2,1-3H3. The Morgan fingerprint density at radius 1 is 1.15 bits per heavy atom. The number of rotatable bonds is 7. The predicted octanol–water partition coefficient (Wildman–Crippen LogP) is 3.74. The van der Waals surface area contributed by atoms with Gasteiger partial charge in [0.05, 0.1) is 17.3 Å². The average molecular weight is 290 g/mol. The number of hydrogen-bond donors (Lipinski definition) is 0. The van der Waals surface area contributed by atoms with Gasteiger partial charge in [-0.25, -0.2) is 4.98 Å². The molecule has 0 aliphatic heterocycles. The van der Waals surface area contributed by atoms with Gasteiger partial charge in [-0.05, 0) is 38.1 Å². The van der Waals surface area contributed by atoms with Gasteiger partial charge >= 0.3 is 0 Å². The first-order valence-electron chi connectivity index (χ1n) is 7.04. The Morgan fingerprint density at radius 2 is 1.90 bits per heavy atom. The molecule has 1 aromatic heterocycles. The molecule has 0 saturated heterocycles. The molecule has 0 N–H and O–H groups in total. The topological polar surface area (TPSA) is 25.4 Å². The summed E-state index contributed by atoms with van der Waals surface area (Å²) in [6, 6.07) is 8.31. The molecule has 0 atom stereocenters. The van der Waals surface area contributed by atoms with Crippen LogP contribution in [0.15, 0.2) is 29.6 Å². The molecule has 1 aromatic carbocycles. The zero-order chi connectivity index (χ0) is 14.4. The van der Waals surface area contributed by atoms with Gasteiger partial charge in [0.15, 0.2) is 0 Å². The molecular formula is C16H22N2OS. The maximum atomic E-state index is 5.45. The van der Waals surface area contributed by atoms with Crippen LogP contribution < -0.4 is 4.74 Å². The largest absolute Gasteiger partial charge is 0.494 e. The molecule has 2 rings (SSSR count). The van der Waals surface area contributed by atoms with Crippen molar-refractivity contribution in [2.45, 2.75) is 33.4 Å². The molecule has 0 fully saturated rings. The second kappa shape index (κ2) is 7.41. The van der Waals surface area contributed by atoms with Gasteiger partial charge in [0.1, 0.15) is 5.75 Å². The summed E-state index contributed by atoms with van der Waals surface area (Å²) >= 11 is 1.75. The van der Waals surface area contributed by atoms with Gasteiger partial charge in [-0.15, -0.1) is 11.3 Å². The number of aromatic nitrogens is 1. The molecule has 0 bridgehead atoms. The number of thiazole rings is 1. The highest BCUT2D eigenvalue weighted by molar-refractivity contribution is 7.09. The molecule has 4 heteroatoms. The lowest BCUT2D eigenvalue weighted by Crippen LogP contribution is -2.17. The number of ether oxygens (including phenoxy) is 1. The molecule has 2 aromatic rings. The van der Waals surface area contributed by atoms with Gasteiger partial charge in [-0.2, -0.15) is 0 Å². The van der Waals surface area contributed by atoms with E-state index in [0.717, 1.165) is 25.3 Å². The van der Waals surface area contributed by atoms with Gasteiger partial charge in [-0.3, -0.25) is 4.90 Å². The van der Waals surface area contributed by atoms with Crippen LogP contribution in [0.4, 0.5) is 0 Å². The van der Waals surface area contributed by atoms with E-state index >= 15 is 0 Å². The van der Waals surface area contributed by atoms with Gasteiger partial charge in [0.25, 0.3) is 0 Å². The Balaban J connectivity index is 1.88. The van der Waals surface area contributed by atoms with Crippen molar-refractivity contribution < 1.29 is 4.74 Å². The van der Waals surface area contributed by atoms with E-state index in [1.54, 1.807) is 11.3 Å². The molecule has 3 nitrogen and oxygen atoms in total. The summed E-state index contributed by atoms with van der Waals surface area (Å²) in [5.74, 6) is 0.936. The minimum atomic E-state index is 0.711. The quantitative estimate of drug-likeness (QED) is 0.777. The number of nitrogens with zero attached hydrogens (tertiary/aromatic N) is 2. The second-order valence-electron chi connectivity index (χ2n) is 4.84. The Labute approximate surface area is 125 Å². The molecule has 1 heterocycles.